The summed E-state index contributed by atoms with van der Waals surface area (Å²) in [5.74, 6) is 0.105. The van der Waals surface area contributed by atoms with Gasteiger partial charge in [0.25, 0.3) is 5.91 Å². The maximum absolute atomic E-state index is 12.1. The molecule has 94 valence electrons. The molecule has 18 heavy (non-hydrogen) atoms. The molecule has 0 spiro atoms. The summed E-state index contributed by atoms with van der Waals surface area (Å²) in [6.45, 7) is 3.74. The molecule has 1 amide bonds. The number of hydrogen-bond acceptors (Lipinski definition) is 2. The molecule has 0 bridgehead atoms. The van der Waals surface area contributed by atoms with Gasteiger partial charge in [-0.2, -0.15) is 5.10 Å². The van der Waals surface area contributed by atoms with Crippen molar-refractivity contribution in [2.75, 3.05) is 5.32 Å². The van der Waals surface area contributed by atoms with E-state index in [-0.39, 0.29) is 11.5 Å². The molecule has 0 saturated carbocycles. The van der Waals surface area contributed by atoms with Crippen molar-refractivity contribution in [1.29, 1.82) is 0 Å². The topological polar surface area (TPSA) is 57.8 Å². The van der Waals surface area contributed by atoms with Crippen molar-refractivity contribution in [3.8, 4) is 0 Å². The summed E-state index contributed by atoms with van der Waals surface area (Å²) >= 11 is 11.9. The number of nitrogens with zero attached hydrogens (tertiary/aromatic N) is 1. The van der Waals surface area contributed by atoms with Crippen LogP contribution in [0.3, 0.4) is 0 Å². The molecule has 0 fully saturated rings. The van der Waals surface area contributed by atoms with E-state index < -0.39 is 0 Å². The molecule has 0 aliphatic rings. The summed E-state index contributed by atoms with van der Waals surface area (Å²) in [4.78, 5) is 12.1. The van der Waals surface area contributed by atoms with E-state index in [0.717, 1.165) is 11.3 Å². The lowest BCUT2D eigenvalue weighted by atomic mass is 10.2. The Morgan fingerprint density at radius 1 is 1.28 bits per heavy atom. The molecule has 2 rings (SSSR count). The van der Waals surface area contributed by atoms with Crippen LogP contribution in [0.25, 0.3) is 0 Å². The van der Waals surface area contributed by atoms with Gasteiger partial charge in [0, 0.05) is 11.3 Å². The number of rotatable bonds is 2. The molecule has 0 saturated heterocycles. The second-order valence-corrected chi connectivity index (χ2v) is 4.69. The third kappa shape index (κ3) is 2.35. The first kappa shape index (κ1) is 12.9. The lowest BCUT2D eigenvalue weighted by molar-refractivity contribution is 0.102. The highest BCUT2D eigenvalue weighted by molar-refractivity contribution is 6.40. The fourth-order valence-corrected chi connectivity index (χ4v) is 2.06. The highest BCUT2D eigenvalue weighted by Gasteiger charge is 2.16. The van der Waals surface area contributed by atoms with E-state index in [1.807, 2.05) is 13.8 Å². The van der Waals surface area contributed by atoms with Crippen LogP contribution in [0.1, 0.15) is 21.6 Å². The molecule has 0 radical (unpaired) electrons. The summed E-state index contributed by atoms with van der Waals surface area (Å²) in [5, 5.41) is 10.1. The minimum atomic E-state index is -0.375. The van der Waals surface area contributed by atoms with Gasteiger partial charge in [0.2, 0.25) is 0 Å². The van der Waals surface area contributed by atoms with Crippen LogP contribution < -0.4 is 5.32 Å². The molecule has 0 atom stereocenters. The zero-order chi connectivity index (χ0) is 13.3. The predicted octanol–water partition coefficient (Wildman–Crippen LogP) is 3.59. The Morgan fingerprint density at radius 2 is 1.89 bits per heavy atom. The van der Waals surface area contributed by atoms with Crippen molar-refractivity contribution in [1.82, 2.24) is 10.2 Å². The van der Waals surface area contributed by atoms with Gasteiger partial charge in [0.1, 0.15) is 0 Å². The standard InChI is InChI=1S/C12H11Cl2N3O/c1-6-7(2)16-17-11(6)15-12(18)10-8(13)4-3-5-9(10)14/h3-5H,1-2H3,(H2,15,16,17,18). The van der Waals surface area contributed by atoms with Crippen LogP contribution >= 0.6 is 23.2 Å². The number of anilines is 1. The first-order valence-corrected chi connectivity index (χ1v) is 6.03. The first-order valence-electron chi connectivity index (χ1n) is 5.27. The second kappa shape index (κ2) is 5.00. The van der Waals surface area contributed by atoms with Crippen molar-refractivity contribution in [2.45, 2.75) is 13.8 Å². The molecule has 2 N–H and O–H groups in total. The molecule has 4 nitrogen and oxygen atoms in total. The van der Waals surface area contributed by atoms with E-state index in [9.17, 15) is 4.79 Å². The molecule has 0 unspecified atom stereocenters. The summed E-state index contributed by atoms with van der Waals surface area (Å²) in [6, 6.07) is 4.92. The summed E-state index contributed by atoms with van der Waals surface area (Å²) in [5.41, 5.74) is 2.03. The third-order valence-corrected chi connectivity index (χ3v) is 3.30. The van der Waals surface area contributed by atoms with Crippen LogP contribution in [0, 0.1) is 13.8 Å². The number of H-pyrrole nitrogens is 1. The van der Waals surface area contributed by atoms with Gasteiger partial charge in [-0.3, -0.25) is 9.89 Å². The molecule has 2 aromatic rings. The number of hydrogen-bond donors (Lipinski definition) is 2. The van der Waals surface area contributed by atoms with Crippen molar-refractivity contribution in [2.24, 2.45) is 0 Å². The normalized spacial score (nSPS) is 10.4. The van der Waals surface area contributed by atoms with E-state index in [0.29, 0.717) is 15.9 Å². The maximum atomic E-state index is 12.1. The van der Waals surface area contributed by atoms with Gasteiger partial charge >= 0.3 is 0 Å². The lowest BCUT2D eigenvalue weighted by Gasteiger charge is -2.06. The smallest absolute Gasteiger partial charge is 0.259 e. The average Bonchev–Trinajstić information content (AvgIpc) is 2.61. The highest BCUT2D eigenvalue weighted by Crippen LogP contribution is 2.25. The van der Waals surface area contributed by atoms with Crippen LogP contribution in [0.4, 0.5) is 5.82 Å². The Hall–Kier alpha value is -1.52. The van der Waals surface area contributed by atoms with E-state index in [1.165, 1.54) is 0 Å². The predicted molar refractivity (Wildman–Crippen MR) is 72.5 cm³/mol. The number of halogens is 2. The SMILES string of the molecule is Cc1[nH]nc(NC(=O)c2c(Cl)cccc2Cl)c1C. The van der Waals surface area contributed by atoms with Gasteiger partial charge < -0.3 is 5.32 Å². The number of carbonyl (C=O) groups excluding carboxylic acids is 1. The molecule has 0 aliphatic carbocycles. The Labute approximate surface area is 114 Å². The first-order chi connectivity index (χ1) is 8.50. The van der Waals surface area contributed by atoms with Crippen molar-refractivity contribution >= 4 is 34.9 Å². The van der Waals surface area contributed by atoms with Crippen molar-refractivity contribution < 1.29 is 4.79 Å². The van der Waals surface area contributed by atoms with Gasteiger partial charge in [-0.15, -0.1) is 0 Å². The van der Waals surface area contributed by atoms with E-state index in [1.54, 1.807) is 18.2 Å². The summed E-state index contributed by atoms with van der Waals surface area (Å²) < 4.78 is 0. The Bertz CT molecular complexity index is 587. The lowest BCUT2D eigenvalue weighted by Crippen LogP contribution is -2.14. The number of amides is 1. The third-order valence-electron chi connectivity index (χ3n) is 2.67. The fourth-order valence-electron chi connectivity index (χ4n) is 1.49. The largest absolute Gasteiger partial charge is 0.305 e. The maximum Gasteiger partial charge on any atom is 0.259 e. The van der Waals surface area contributed by atoms with Crippen LogP contribution in [-0.4, -0.2) is 16.1 Å². The average molecular weight is 284 g/mol. The summed E-state index contributed by atoms with van der Waals surface area (Å²) in [6.07, 6.45) is 0. The number of aromatic amines is 1. The fraction of sp³-hybridized carbons (Fsp3) is 0.167. The van der Waals surface area contributed by atoms with E-state index in [4.69, 9.17) is 23.2 Å². The molecular weight excluding hydrogens is 273 g/mol. The molecular formula is C12H11Cl2N3O. The highest BCUT2D eigenvalue weighted by atomic mass is 35.5. The molecule has 0 aliphatic heterocycles. The van der Waals surface area contributed by atoms with Crippen LogP contribution in [0.5, 0.6) is 0 Å². The van der Waals surface area contributed by atoms with E-state index in [2.05, 4.69) is 15.5 Å². The molecule has 1 heterocycles. The second-order valence-electron chi connectivity index (χ2n) is 3.87. The van der Waals surface area contributed by atoms with Crippen LogP contribution in [0.15, 0.2) is 18.2 Å². The molecule has 1 aromatic heterocycles. The van der Waals surface area contributed by atoms with Crippen LogP contribution in [0.2, 0.25) is 10.0 Å². The van der Waals surface area contributed by atoms with Crippen LogP contribution in [-0.2, 0) is 0 Å². The zero-order valence-corrected chi connectivity index (χ0v) is 11.4. The van der Waals surface area contributed by atoms with Gasteiger partial charge in [0.05, 0.1) is 15.6 Å². The number of aromatic nitrogens is 2. The van der Waals surface area contributed by atoms with Gasteiger partial charge in [-0.05, 0) is 26.0 Å². The Balaban J connectivity index is 2.31. The minimum absolute atomic E-state index is 0.251. The zero-order valence-electron chi connectivity index (χ0n) is 9.84. The molecule has 1 aromatic carbocycles. The monoisotopic (exact) mass is 283 g/mol. The van der Waals surface area contributed by atoms with E-state index >= 15 is 0 Å². The number of aryl methyl sites for hydroxylation is 1. The quantitative estimate of drug-likeness (QED) is 0.885. The van der Waals surface area contributed by atoms with Gasteiger partial charge in [0.15, 0.2) is 5.82 Å². The van der Waals surface area contributed by atoms with Gasteiger partial charge in [-0.25, -0.2) is 0 Å². The number of carbonyl (C=O) groups is 1. The van der Waals surface area contributed by atoms with Gasteiger partial charge in [-0.1, -0.05) is 29.3 Å². The van der Waals surface area contributed by atoms with Crippen molar-refractivity contribution in [3.05, 3.63) is 45.1 Å². The summed E-state index contributed by atoms with van der Waals surface area (Å²) in [7, 11) is 0. The van der Waals surface area contributed by atoms with Crippen molar-refractivity contribution in [3.63, 3.8) is 0 Å². The Morgan fingerprint density at radius 3 is 2.39 bits per heavy atom. The minimum Gasteiger partial charge on any atom is -0.305 e. The number of nitrogens with one attached hydrogen (secondary N) is 2. The number of benzene rings is 1. The molecule has 6 heteroatoms. The Kier molecular flexibility index (Phi) is 3.59.